The number of hydrogen-bond acceptors (Lipinski definition) is 5. The minimum Gasteiger partial charge on any atom is -0.486 e. The number of amides is 1. The summed E-state index contributed by atoms with van der Waals surface area (Å²) in [5, 5.41) is 3.46. The van der Waals surface area contributed by atoms with Crippen LogP contribution in [0, 0.1) is 0 Å². The van der Waals surface area contributed by atoms with Crippen LogP contribution in [0.2, 0.25) is 0 Å². The number of nitrogens with one attached hydrogen (secondary N) is 1. The number of carbonyl (C=O) groups excluding carboxylic acids is 1. The maximum Gasteiger partial charge on any atom is 0.237 e. The Kier molecular flexibility index (Phi) is 4.46. The molecular weight excluding hydrogens is 350 g/mol. The molecule has 1 N–H and O–H groups in total. The van der Waals surface area contributed by atoms with Crippen LogP contribution < -0.4 is 14.8 Å². The summed E-state index contributed by atoms with van der Waals surface area (Å²) in [5.74, 6) is 1.28. The van der Waals surface area contributed by atoms with Gasteiger partial charge in [0, 0.05) is 18.8 Å². The van der Waals surface area contributed by atoms with E-state index < -0.39 is 0 Å². The summed E-state index contributed by atoms with van der Waals surface area (Å²) in [6.45, 7) is 2.94. The molecule has 26 heavy (non-hydrogen) atoms. The molecule has 0 spiro atoms. The van der Waals surface area contributed by atoms with Crippen molar-refractivity contribution in [2.45, 2.75) is 17.3 Å². The van der Waals surface area contributed by atoms with E-state index in [2.05, 4.69) is 10.3 Å². The van der Waals surface area contributed by atoms with Gasteiger partial charge in [-0.3, -0.25) is 4.79 Å². The lowest BCUT2D eigenvalue weighted by atomic mass is 10.2. The first-order chi connectivity index (χ1) is 12.6. The topological polar surface area (TPSA) is 65.4 Å². The molecule has 7 heteroatoms. The normalized spacial score (nSPS) is 14.2. The van der Waals surface area contributed by atoms with E-state index in [1.165, 1.54) is 11.8 Å². The number of thioether (sulfide) groups is 1. The summed E-state index contributed by atoms with van der Waals surface area (Å²) in [6.07, 6.45) is 0. The van der Waals surface area contributed by atoms with Crippen LogP contribution in [0.4, 0.5) is 5.69 Å². The predicted octanol–water partition coefficient (Wildman–Crippen LogP) is 3.46. The number of hydrogen-bond donors (Lipinski definition) is 1. The average Bonchev–Trinajstić information content (AvgIpc) is 2.97. The molecule has 2 heterocycles. The number of nitrogens with zero attached hydrogens (tertiary/aromatic N) is 2. The van der Waals surface area contributed by atoms with Gasteiger partial charge in [0.1, 0.15) is 13.2 Å². The van der Waals surface area contributed by atoms with Crippen LogP contribution in [0.3, 0.4) is 0 Å². The number of anilines is 1. The maximum atomic E-state index is 12.6. The Hall–Kier alpha value is -2.67. The molecule has 0 bridgehead atoms. The van der Waals surface area contributed by atoms with E-state index >= 15 is 0 Å². The van der Waals surface area contributed by atoms with Gasteiger partial charge in [0.15, 0.2) is 16.7 Å². The first-order valence-corrected chi connectivity index (χ1v) is 9.28. The Bertz CT molecular complexity index is 970. The number of para-hydroxylation sites is 2. The molecule has 0 unspecified atom stereocenters. The monoisotopic (exact) mass is 369 g/mol. The Morgan fingerprint density at radius 1 is 1.19 bits per heavy atom. The molecule has 0 radical (unpaired) electrons. The molecule has 134 valence electrons. The Balaban J connectivity index is 1.46. The van der Waals surface area contributed by atoms with Crippen molar-refractivity contribution in [1.82, 2.24) is 9.55 Å². The number of ether oxygens (including phenoxy) is 2. The second kappa shape index (κ2) is 6.92. The fourth-order valence-corrected chi connectivity index (χ4v) is 3.70. The van der Waals surface area contributed by atoms with Crippen LogP contribution in [-0.4, -0.2) is 33.9 Å². The highest BCUT2D eigenvalue weighted by atomic mass is 32.2. The number of aryl methyl sites for hydroxylation is 1. The standard InChI is InChI=1S/C19H19N3O3S/c1-12(26-19-21-14-5-3-4-6-15(14)22(19)2)18(23)20-13-7-8-16-17(11-13)25-10-9-24-16/h3-8,11-12H,9-10H2,1-2H3,(H,20,23)/t12-/m1/s1. The molecule has 3 aromatic rings. The van der Waals surface area contributed by atoms with Crippen molar-refractivity contribution >= 4 is 34.4 Å². The smallest absolute Gasteiger partial charge is 0.237 e. The van der Waals surface area contributed by atoms with Crippen molar-refractivity contribution < 1.29 is 14.3 Å². The van der Waals surface area contributed by atoms with Gasteiger partial charge in [-0.05, 0) is 31.2 Å². The molecule has 1 amide bonds. The van der Waals surface area contributed by atoms with Gasteiger partial charge in [0.05, 0.1) is 16.3 Å². The zero-order chi connectivity index (χ0) is 18.1. The van der Waals surface area contributed by atoms with Gasteiger partial charge in [-0.2, -0.15) is 0 Å². The van der Waals surface area contributed by atoms with E-state index in [4.69, 9.17) is 9.47 Å². The van der Waals surface area contributed by atoms with Crippen molar-refractivity contribution in [2.75, 3.05) is 18.5 Å². The van der Waals surface area contributed by atoms with Crippen molar-refractivity contribution in [2.24, 2.45) is 7.05 Å². The van der Waals surface area contributed by atoms with Gasteiger partial charge in [-0.1, -0.05) is 23.9 Å². The highest BCUT2D eigenvalue weighted by Crippen LogP contribution is 2.33. The number of aromatic nitrogens is 2. The molecule has 0 saturated heterocycles. The lowest BCUT2D eigenvalue weighted by Gasteiger charge is -2.19. The number of carbonyl (C=O) groups is 1. The van der Waals surface area contributed by atoms with Crippen molar-refractivity contribution in [1.29, 1.82) is 0 Å². The minimum atomic E-state index is -0.293. The fourth-order valence-electron chi connectivity index (χ4n) is 2.81. The molecule has 4 rings (SSSR count). The third kappa shape index (κ3) is 3.22. The van der Waals surface area contributed by atoms with Gasteiger partial charge in [0.2, 0.25) is 5.91 Å². The van der Waals surface area contributed by atoms with Gasteiger partial charge in [-0.15, -0.1) is 0 Å². The quantitative estimate of drug-likeness (QED) is 0.714. The molecule has 1 aliphatic heterocycles. The lowest BCUT2D eigenvalue weighted by Crippen LogP contribution is -2.23. The van der Waals surface area contributed by atoms with Crippen LogP contribution in [0.25, 0.3) is 11.0 Å². The molecule has 2 aromatic carbocycles. The van der Waals surface area contributed by atoms with E-state index in [1.54, 1.807) is 6.07 Å². The zero-order valence-electron chi connectivity index (χ0n) is 14.6. The number of fused-ring (bicyclic) bond motifs is 2. The largest absolute Gasteiger partial charge is 0.486 e. The second-order valence-corrected chi connectivity index (χ2v) is 7.36. The van der Waals surface area contributed by atoms with E-state index in [1.807, 2.05) is 54.9 Å². The molecule has 1 atom stereocenters. The second-order valence-electron chi connectivity index (χ2n) is 6.05. The van der Waals surface area contributed by atoms with Gasteiger partial charge in [-0.25, -0.2) is 4.98 Å². The summed E-state index contributed by atoms with van der Waals surface area (Å²) >= 11 is 1.44. The third-order valence-corrected chi connectivity index (χ3v) is 5.35. The van der Waals surface area contributed by atoms with E-state index in [0.29, 0.717) is 30.4 Å². The molecule has 0 aliphatic carbocycles. The Morgan fingerprint density at radius 3 is 2.77 bits per heavy atom. The maximum absolute atomic E-state index is 12.6. The van der Waals surface area contributed by atoms with Gasteiger partial charge >= 0.3 is 0 Å². The van der Waals surface area contributed by atoms with Crippen LogP contribution in [0.15, 0.2) is 47.6 Å². The summed E-state index contributed by atoms with van der Waals surface area (Å²) < 4.78 is 13.1. The highest BCUT2D eigenvalue weighted by molar-refractivity contribution is 8.00. The lowest BCUT2D eigenvalue weighted by molar-refractivity contribution is -0.115. The Labute approximate surface area is 155 Å². The first-order valence-electron chi connectivity index (χ1n) is 8.40. The SMILES string of the molecule is C[C@@H](Sc1nc2ccccc2n1C)C(=O)Nc1ccc2c(c1)OCCO2. The van der Waals surface area contributed by atoms with Gasteiger partial charge < -0.3 is 19.4 Å². The highest BCUT2D eigenvalue weighted by Gasteiger charge is 2.19. The van der Waals surface area contributed by atoms with Crippen LogP contribution in [-0.2, 0) is 11.8 Å². The van der Waals surface area contributed by atoms with E-state index in [-0.39, 0.29) is 11.2 Å². The summed E-state index contributed by atoms with van der Waals surface area (Å²) in [4.78, 5) is 17.2. The third-order valence-electron chi connectivity index (χ3n) is 4.21. The molecule has 6 nitrogen and oxygen atoms in total. The van der Waals surface area contributed by atoms with Crippen LogP contribution >= 0.6 is 11.8 Å². The van der Waals surface area contributed by atoms with Crippen molar-refractivity contribution in [3.05, 3.63) is 42.5 Å². The van der Waals surface area contributed by atoms with E-state index in [9.17, 15) is 4.79 Å². The molecule has 0 saturated carbocycles. The molecule has 0 fully saturated rings. The molecular formula is C19H19N3O3S. The van der Waals surface area contributed by atoms with Crippen LogP contribution in [0.1, 0.15) is 6.92 Å². The zero-order valence-corrected chi connectivity index (χ0v) is 15.4. The van der Waals surface area contributed by atoms with Crippen molar-refractivity contribution in [3.63, 3.8) is 0 Å². The van der Waals surface area contributed by atoms with E-state index in [0.717, 1.165) is 16.2 Å². The minimum absolute atomic E-state index is 0.0845. The number of benzene rings is 2. The van der Waals surface area contributed by atoms with Gasteiger partial charge in [0.25, 0.3) is 0 Å². The summed E-state index contributed by atoms with van der Waals surface area (Å²) in [5.41, 5.74) is 2.67. The average molecular weight is 369 g/mol. The number of rotatable bonds is 4. The Morgan fingerprint density at radius 2 is 1.96 bits per heavy atom. The number of imidazole rings is 1. The fraction of sp³-hybridized carbons (Fsp3) is 0.263. The van der Waals surface area contributed by atoms with Crippen LogP contribution in [0.5, 0.6) is 11.5 Å². The summed E-state index contributed by atoms with van der Waals surface area (Å²) in [7, 11) is 1.96. The summed E-state index contributed by atoms with van der Waals surface area (Å²) in [6, 6.07) is 13.4. The van der Waals surface area contributed by atoms with Crippen molar-refractivity contribution in [3.8, 4) is 11.5 Å². The first kappa shape index (κ1) is 16.8. The molecule has 1 aromatic heterocycles. The predicted molar refractivity (Wildman–Crippen MR) is 102 cm³/mol. The molecule has 1 aliphatic rings.